The van der Waals surface area contributed by atoms with E-state index in [1.54, 1.807) is 6.26 Å². The highest BCUT2D eigenvalue weighted by molar-refractivity contribution is 7.18. The van der Waals surface area contributed by atoms with Crippen molar-refractivity contribution >= 4 is 27.5 Å². The molecule has 0 spiro atoms. The largest absolute Gasteiger partial charge is 0.467 e. The molecule has 1 aliphatic heterocycles. The molecular formula is C20H24N3O2S+. The van der Waals surface area contributed by atoms with Crippen LogP contribution in [0, 0.1) is 0 Å². The van der Waals surface area contributed by atoms with E-state index in [1.807, 2.05) is 36.5 Å². The number of piperidine rings is 1. The van der Waals surface area contributed by atoms with Gasteiger partial charge >= 0.3 is 0 Å². The summed E-state index contributed by atoms with van der Waals surface area (Å²) < 4.78 is 6.61. The van der Waals surface area contributed by atoms with Crippen molar-refractivity contribution in [3.8, 4) is 0 Å². The normalized spacial score (nSPS) is 21.6. The molecule has 1 atom stereocenters. The summed E-state index contributed by atoms with van der Waals surface area (Å²) in [4.78, 5) is 18.5. The van der Waals surface area contributed by atoms with Crippen LogP contribution in [0.4, 0.5) is 0 Å². The summed E-state index contributed by atoms with van der Waals surface area (Å²) in [5.74, 6) is 1.41. The van der Waals surface area contributed by atoms with Crippen LogP contribution in [0.2, 0.25) is 0 Å². The van der Waals surface area contributed by atoms with Gasteiger partial charge in [-0.25, -0.2) is 4.98 Å². The van der Waals surface area contributed by atoms with Gasteiger partial charge in [0.1, 0.15) is 5.76 Å². The number of thiazole rings is 1. The molecule has 136 valence electrons. The predicted molar refractivity (Wildman–Crippen MR) is 102 cm³/mol. The van der Waals surface area contributed by atoms with E-state index in [0.717, 1.165) is 37.2 Å². The Kier molecular flexibility index (Phi) is 5.04. The minimum atomic E-state index is -0.0859. The molecule has 0 bridgehead atoms. The molecule has 1 aromatic carbocycles. The van der Waals surface area contributed by atoms with Crippen LogP contribution in [-0.2, 0) is 4.79 Å². The van der Waals surface area contributed by atoms with E-state index in [-0.39, 0.29) is 11.9 Å². The van der Waals surface area contributed by atoms with Crippen molar-refractivity contribution in [3.63, 3.8) is 0 Å². The molecule has 5 nitrogen and oxygen atoms in total. The number of benzene rings is 1. The van der Waals surface area contributed by atoms with Crippen LogP contribution in [0.25, 0.3) is 10.2 Å². The molecule has 0 radical (unpaired) electrons. The monoisotopic (exact) mass is 370 g/mol. The lowest BCUT2D eigenvalue weighted by molar-refractivity contribution is -0.897. The standard InChI is InChI=1S/C20H23N3O2S/c1-14(17-6-4-12-25-17)21-19(24)13-23-10-8-15(9-11-23)20-22-16-5-2-3-7-18(16)26-20/h2-7,12,14-15H,8-11,13H2,1H3,(H,21,24)/p+1/t14-/m0/s1. The first-order valence-corrected chi connectivity index (χ1v) is 10.0. The zero-order valence-corrected chi connectivity index (χ0v) is 15.7. The first kappa shape index (κ1) is 17.2. The fraction of sp³-hybridized carbons (Fsp3) is 0.400. The van der Waals surface area contributed by atoms with Gasteiger partial charge in [-0.05, 0) is 31.2 Å². The van der Waals surface area contributed by atoms with Crippen molar-refractivity contribution in [3.05, 3.63) is 53.4 Å². The summed E-state index contributed by atoms with van der Waals surface area (Å²) >= 11 is 1.82. The zero-order chi connectivity index (χ0) is 17.9. The minimum absolute atomic E-state index is 0.0855. The Morgan fingerprint density at radius 1 is 1.31 bits per heavy atom. The molecule has 1 saturated heterocycles. The molecular weight excluding hydrogens is 346 g/mol. The number of carbonyl (C=O) groups excluding carboxylic acids is 1. The summed E-state index contributed by atoms with van der Waals surface area (Å²) in [7, 11) is 0. The van der Waals surface area contributed by atoms with E-state index in [2.05, 4.69) is 23.5 Å². The molecule has 6 heteroatoms. The van der Waals surface area contributed by atoms with E-state index < -0.39 is 0 Å². The highest BCUT2D eigenvalue weighted by Crippen LogP contribution is 2.31. The summed E-state index contributed by atoms with van der Waals surface area (Å²) in [6.45, 7) is 4.51. The molecule has 2 N–H and O–H groups in total. The third kappa shape index (κ3) is 3.81. The number of amides is 1. The lowest BCUT2D eigenvalue weighted by Crippen LogP contribution is -3.14. The molecule has 2 aromatic heterocycles. The molecule has 0 unspecified atom stereocenters. The number of carbonyl (C=O) groups is 1. The number of aromatic nitrogens is 1. The Hall–Kier alpha value is -2.18. The van der Waals surface area contributed by atoms with E-state index in [4.69, 9.17) is 9.40 Å². The van der Waals surface area contributed by atoms with Crippen LogP contribution in [-0.4, -0.2) is 30.5 Å². The molecule has 4 rings (SSSR count). The van der Waals surface area contributed by atoms with Gasteiger partial charge in [0.2, 0.25) is 0 Å². The Morgan fingerprint density at radius 2 is 2.12 bits per heavy atom. The molecule has 1 aliphatic rings. The Morgan fingerprint density at radius 3 is 2.85 bits per heavy atom. The minimum Gasteiger partial charge on any atom is -0.467 e. The molecule has 26 heavy (non-hydrogen) atoms. The maximum atomic E-state index is 12.3. The number of rotatable bonds is 5. The number of furan rings is 1. The van der Waals surface area contributed by atoms with Crippen LogP contribution >= 0.6 is 11.3 Å². The first-order valence-electron chi connectivity index (χ1n) is 9.21. The van der Waals surface area contributed by atoms with Crippen molar-refractivity contribution in [2.75, 3.05) is 19.6 Å². The van der Waals surface area contributed by atoms with Gasteiger partial charge in [-0.2, -0.15) is 0 Å². The first-order chi connectivity index (χ1) is 12.7. The Bertz CT molecular complexity index is 833. The number of hydrogen-bond donors (Lipinski definition) is 2. The summed E-state index contributed by atoms with van der Waals surface area (Å²) in [6.07, 6.45) is 3.82. The third-order valence-electron chi connectivity index (χ3n) is 5.11. The van der Waals surface area contributed by atoms with Gasteiger partial charge in [0, 0.05) is 18.8 Å². The van der Waals surface area contributed by atoms with Gasteiger partial charge in [-0.15, -0.1) is 11.3 Å². The Labute approximate surface area is 157 Å². The van der Waals surface area contributed by atoms with Crippen molar-refractivity contribution < 1.29 is 14.1 Å². The number of nitrogens with zero attached hydrogens (tertiary/aromatic N) is 1. The van der Waals surface area contributed by atoms with Crippen LogP contribution in [0.3, 0.4) is 0 Å². The number of para-hydroxylation sites is 1. The van der Waals surface area contributed by atoms with Gasteiger partial charge < -0.3 is 14.6 Å². The van der Waals surface area contributed by atoms with Crippen molar-refractivity contribution in [2.45, 2.75) is 31.7 Å². The van der Waals surface area contributed by atoms with Crippen molar-refractivity contribution in [2.24, 2.45) is 0 Å². The van der Waals surface area contributed by atoms with Crippen LogP contribution < -0.4 is 10.2 Å². The van der Waals surface area contributed by atoms with Gasteiger partial charge in [0.15, 0.2) is 6.54 Å². The third-order valence-corrected chi connectivity index (χ3v) is 6.31. The van der Waals surface area contributed by atoms with Gasteiger partial charge in [-0.1, -0.05) is 12.1 Å². The maximum absolute atomic E-state index is 12.3. The smallest absolute Gasteiger partial charge is 0.275 e. The topological polar surface area (TPSA) is 59.6 Å². The van der Waals surface area contributed by atoms with Crippen LogP contribution in [0.15, 0.2) is 47.1 Å². The summed E-state index contributed by atoms with van der Waals surface area (Å²) in [5, 5.41) is 4.28. The summed E-state index contributed by atoms with van der Waals surface area (Å²) in [5.41, 5.74) is 1.11. The lowest BCUT2D eigenvalue weighted by Gasteiger charge is -2.28. The van der Waals surface area contributed by atoms with Crippen molar-refractivity contribution in [1.29, 1.82) is 0 Å². The quantitative estimate of drug-likeness (QED) is 0.726. The molecule has 0 saturated carbocycles. The molecule has 3 aromatic rings. The van der Waals surface area contributed by atoms with Crippen LogP contribution in [0.5, 0.6) is 0 Å². The molecule has 3 heterocycles. The highest BCUT2D eigenvalue weighted by atomic mass is 32.1. The van der Waals surface area contributed by atoms with Gasteiger partial charge in [0.25, 0.3) is 5.91 Å². The van der Waals surface area contributed by atoms with E-state index in [0.29, 0.717) is 12.5 Å². The number of quaternary nitrogens is 1. The highest BCUT2D eigenvalue weighted by Gasteiger charge is 2.27. The average Bonchev–Trinajstić information content (AvgIpc) is 3.32. The van der Waals surface area contributed by atoms with Crippen molar-refractivity contribution in [1.82, 2.24) is 10.3 Å². The van der Waals surface area contributed by atoms with E-state index in [1.165, 1.54) is 14.6 Å². The van der Waals surface area contributed by atoms with Gasteiger partial charge in [0.05, 0.1) is 40.6 Å². The number of nitrogens with one attached hydrogen (secondary N) is 2. The van der Waals surface area contributed by atoms with Crippen LogP contribution in [0.1, 0.15) is 42.5 Å². The van der Waals surface area contributed by atoms with E-state index >= 15 is 0 Å². The molecule has 1 fully saturated rings. The number of fused-ring (bicyclic) bond motifs is 1. The average molecular weight is 370 g/mol. The molecule has 0 aliphatic carbocycles. The van der Waals surface area contributed by atoms with E-state index in [9.17, 15) is 4.79 Å². The second-order valence-corrected chi connectivity index (χ2v) is 8.09. The second kappa shape index (κ2) is 7.60. The fourth-order valence-corrected chi connectivity index (χ4v) is 4.78. The fourth-order valence-electron chi connectivity index (χ4n) is 3.64. The lowest BCUT2D eigenvalue weighted by atomic mass is 9.97. The SMILES string of the molecule is C[C@H](NC(=O)C[NH+]1CCC(c2nc3ccccc3s2)CC1)c1ccco1. The zero-order valence-electron chi connectivity index (χ0n) is 14.9. The number of hydrogen-bond acceptors (Lipinski definition) is 4. The molecule has 1 amide bonds. The predicted octanol–water partition coefficient (Wildman–Crippen LogP) is 2.53. The summed E-state index contributed by atoms with van der Waals surface area (Å²) in [6, 6.07) is 12.0. The Balaban J connectivity index is 1.28. The maximum Gasteiger partial charge on any atom is 0.275 e. The van der Waals surface area contributed by atoms with Gasteiger partial charge in [-0.3, -0.25) is 4.79 Å². The second-order valence-electron chi connectivity index (χ2n) is 7.03. The number of likely N-dealkylation sites (tertiary alicyclic amines) is 1.